The molecule has 23 heavy (non-hydrogen) atoms. The maximum atomic E-state index is 12.2. The van der Waals surface area contributed by atoms with Gasteiger partial charge in [-0.2, -0.15) is 0 Å². The molecule has 1 amide bonds. The summed E-state index contributed by atoms with van der Waals surface area (Å²) in [5.74, 6) is 0.953. The molecule has 0 aliphatic heterocycles. The summed E-state index contributed by atoms with van der Waals surface area (Å²) >= 11 is 7.74. The number of carbonyl (C=O) groups is 1. The Labute approximate surface area is 146 Å². The van der Waals surface area contributed by atoms with Crippen LogP contribution in [0.2, 0.25) is 5.02 Å². The Bertz CT molecular complexity index is 690. The summed E-state index contributed by atoms with van der Waals surface area (Å²) < 4.78 is 5.27. The van der Waals surface area contributed by atoms with Gasteiger partial charge in [-0.05, 0) is 43.2 Å². The molecule has 3 nitrogen and oxygen atoms in total. The van der Waals surface area contributed by atoms with Gasteiger partial charge in [0, 0.05) is 10.3 Å². The van der Waals surface area contributed by atoms with Crippen LogP contribution < -0.4 is 10.1 Å². The number of aryl methyl sites for hydroxylation is 1. The summed E-state index contributed by atoms with van der Waals surface area (Å²) in [7, 11) is 1.59. The lowest BCUT2D eigenvalue weighted by molar-refractivity contribution is -0.113. The zero-order valence-electron chi connectivity index (χ0n) is 13.4. The van der Waals surface area contributed by atoms with E-state index in [-0.39, 0.29) is 11.2 Å². The summed E-state index contributed by atoms with van der Waals surface area (Å²) in [5, 5.41) is 3.78. The molecule has 0 fully saturated rings. The van der Waals surface area contributed by atoms with E-state index in [0.717, 1.165) is 16.1 Å². The van der Waals surface area contributed by atoms with Crippen molar-refractivity contribution in [2.45, 2.75) is 19.1 Å². The lowest BCUT2D eigenvalue weighted by Gasteiger charge is -2.14. The minimum Gasteiger partial charge on any atom is -0.495 e. The number of methoxy groups -OCH3 is 1. The third kappa shape index (κ3) is 4.91. The first-order chi connectivity index (χ1) is 11.0. The van der Waals surface area contributed by atoms with Crippen molar-refractivity contribution < 1.29 is 9.53 Å². The van der Waals surface area contributed by atoms with Crippen LogP contribution in [0.25, 0.3) is 0 Å². The first-order valence-electron chi connectivity index (χ1n) is 7.31. The zero-order chi connectivity index (χ0) is 16.8. The standard InChI is InChI=1S/C18H20ClNO2S/c1-12-8-9-17(22-3)16(10-12)20-18(21)11-23-13(2)14-6-4-5-7-15(14)19/h4-10,13H,11H2,1-3H3,(H,20,21). The minimum absolute atomic E-state index is 0.0576. The first-order valence-corrected chi connectivity index (χ1v) is 8.74. The van der Waals surface area contributed by atoms with E-state index < -0.39 is 0 Å². The molecule has 0 bridgehead atoms. The number of benzene rings is 2. The summed E-state index contributed by atoms with van der Waals surface area (Å²) in [6, 6.07) is 13.4. The highest BCUT2D eigenvalue weighted by Gasteiger charge is 2.13. The van der Waals surface area contributed by atoms with Crippen molar-refractivity contribution in [3.8, 4) is 5.75 Å². The topological polar surface area (TPSA) is 38.3 Å². The highest BCUT2D eigenvalue weighted by Crippen LogP contribution is 2.33. The van der Waals surface area contributed by atoms with E-state index in [0.29, 0.717) is 17.2 Å². The number of nitrogens with one attached hydrogen (secondary N) is 1. The number of hydrogen-bond acceptors (Lipinski definition) is 3. The van der Waals surface area contributed by atoms with Gasteiger partial charge >= 0.3 is 0 Å². The maximum Gasteiger partial charge on any atom is 0.234 e. The van der Waals surface area contributed by atoms with Crippen molar-refractivity contribution in [3.05, 3.63) is 58.6 Å². The van der Waals surface area contributed by atoms with Crippen LogP contribution in [0.15, 0.2) is 42.5 Å². The molecular formula is C18H20ClNO2S. The fourth-order valence-electron chi connectivity index (χ4n) is 2.20. The second kappa shape index (κ2) is 8.27. The Kier molecular flexibility index (Phi) is 6.37. The Morgan fingerprint density at radius 2 is 2.04 bits per heavy atom. The fourth-order valence-corrected chi connectivity index (χ4v) is 3.42. The third-order valence-electron chi connectivity index (χ3n) is 3.44. The molecule has 1 atom stereocenters. The smallest absolute Gasteiger partial charge is 0.234 e. The average Bonchev–Trinajstić information content (AvgIpc) is 2.53. The number of ether oxygens (including phenoxy) is 1. The van der Waals surface area contributed by atoms with Crippen LogP contribution in [0.4, 0.5) is 5.69 Å². The largest absolute Gasteiger partial charge is 0.495 e. The summed E-state index contributed by atoms with van der Waals surface area (Å²) in [6.07, 6.45) is 0. The molecule has 0 radical (unpaired) electrons. The Morgan fingerprint density at radius 3 is 2.74 bits per heavy atom. The van der Waals surface area contributed by atoms with Crippen molar-refractivity contribution >= 4 is 35.0 Å². The Hall–Kier alpha value is -1.65. The second-order valence-electron chi connectivity index (χ2n) is 5.23. The molecule has 2 aromatic carbocycles. The summed E-state index contributed by atoms with van der Waals surface area (Å²) in [5.41, 5.74) is 2.81. The van der Waals surface area contributed by atoms with E-state index in [9.17, 15) is 4.79 Å². The molecule has 122 valence electrons. The van der Waals surface area contributed by atoms with E-state index in [1.165, 1.54) is 0 Å². The molecule has 5 heteroatoms. The van der Waals surface area contributed by atoms with Crippen molar-refractivity contribution in [2.24, 2.45) is 0 Å². The Balaban J connectivity index is 1.95. The van der Waals surface area contributed by atoms with Crippen molar-refractivity contribution in [3.63, 3.8) is 0 Å². The molecule has 0 saturated carbocycles. The van der Waals surface area contributed by atoms with Crippen LogP contribution in [0.1, 0.15) is 23.3 Å². The normalized spacial score (nSPS) is 11.8. The highest BCUT2D eigenvalue weighted by molar-refractivity contribution is 8.00. The average molecular weight is 350 g/mol. The lowest BCUT2D eigenvalue weighted by atomic mass is 10.2. The van der Waals surface area contributed by atoms with Gasteiger partial charge in [0.15, 0.2) is 0 Å². The van der Waals surface area contributed by atoms with Gasteiger partial charge < -0.3 is 10.1 Å². The van der Waals surface area contributed by atoms with Gasteiger partial charge in [-0.15, -0.1) is 11.8 Å². The first kappa shape index (κ1) is 17.7. The van der Waals surface area contributed by atoms with E-state index in [1.54, 1.807) is 18.9 Å². The fraction of sp³-hybridized carbons (Fsp3) is 0.278. The number of anilines is 1. The van der Waals surface area contributed by atoms with Gasteiger partial charge in [0.1, 0.15) is 5.75 Å². The van der Waals surface area contributed by atoms with E-state index in [2.05, 4.69) is 5.32 Å². The van der Waals surface area contributed by atoms with E-state index in [1.807, 2.05) is 56.3 Å². The highest BCUT2D eigenvalue weighted by atomic mass is 35.5. The molecule has 2 aromatic rings. The van der Waals surface area contributed by atoms with Gasteiger partial charge in [-0.3, -0.25) is 4.79 Å². The van der Waals surface area contributed by atoms with Crippen LogP contribution in [-0.4, -0.2) is 18.8 Å². The second-order valence-corrected chi connectivity index (χ2v) is 6.96. The molecule has 0 aliphatic rings. The third-order valence-corrected chi connectivity index (χ3v) is 4.96. The minimum atomic E-state index is -0.0576. The quantitative estimate of drug-likeness (QED) is 0.789. The van der Waals surface area contributed by atoms with Gasteiger partial charge in [0.05, 0.1) is 18.6 Å². The number of amides is 1. The predicted molar refractivity (Wildman–Crippen MR) is 98.7 cm³/mol. The number of carbonyl (C=O) groups excluding carboxylic acids is 1. The lowest BCUT2D eigenvalue weighted by Crippen LogP contribution is -2.15. The van der Waals surface area contributed by atoms with Gasteiger partial charge in [-0.25, -0.2) is 0 Å². The SMILES string of the molecule is COc1ccc(C)cc1NC(=O)CSC(C)c1ccccc1Cl. The van der Waals surface area contributed by atoms with E-state index >= 15 is 0 Å². The molecule has 0 spiro atoms. The zero-order valence-corrected chi connectivity index (χ0v) is 15.0. The van der Waals surface area contributed by atoms with Crippen LogP contribution >= 0.6 is 23.4 Å². The predicted octanol–water partition coefficient (Wildman–Crippen LogP) is 5.09. The van der Waals surface area contributed by atoms with Crippen LogP contribution in [-0.2, 0) is 4.79 Å². The van der Waals surface area contributed by atoms with Crippen molar-refractivity contribution in [2.75, 3.05) is 18.2 Å². The molecule has 1 unspecified atom stereocenters. The van der Waals surface area contributed by atoms with Gasteiger partial charge in [0.2, 0.25) is 5.91 Å². The number of thioether (sulfide) groups is 1. The monoisotopic (exact) mass is 349 g/mol. The van der Waals surface area contributed by atoms with Gasteiger partial charge in [-0.1, -0.05) is 35.9 Å². The molecule has 2 rings (SSSR count). The van der Waals surface area contributed by atoms with Crippen molar-refractivity contribution in [1.29, 1.82) is 0 Å². The van der Waals surface area contributed by atoms with Gasteiger partial charge in [0.25, 0.3) is 0 Å². The molecular weight excluding hydrogens is 330 g/mol. The summed E-state index contributed by atoms with van der Waals surface area (Å²) in [6.45, 7) is 4.02. The van der Waals surface area contributed by atoms with Crippen molar-refractivity contribution in [1.82, 2.24) is 0 Å². The number of halogens is 1. The Morgan fingerprint density at radius 1 is 1.30 bits per heavy atom. The molecule has 0 aromatic heterocycles. The summed E-state index contributed by atoms with van der Waals surface area (Å²) in [4.78, 5) is 12.2. The molecule has 0 heterocycles. The van der Waals surface area contributed by atoms with Crippen LogP contribution in [0.3, 0.4) is 0 Å². The number of hydrogen-bond donors (Lipinski definition) is 1. The van der Waals surface area contributed by atoms with Crippen LogP contribution in [0.5, 0.6) is 5.75 Å². The number of rotatable bonds is 6. The van der Waals surface area contributed by atoms with Crippen LogP contribution in [0, 0.1) is 6.92 Å². The maximum absolute atomic E-state index is 12.2. The van der Waals surface area contributed by atoms with E-state index in [4.69, 9.17) is 16.3 Å². The molecule has 1 N–H and O–H groups in total. The molecule has 0 saturated heterocycles. The molecule has 0 aliphatic carbocycles.